The van der Waals surface area contributed by atoms with Crippen LogP contribution < -0.4 is 10.6 Å². The van der Waals surface area contributed by atoms with Crippen LogP contribution in [0.5, 0.6) is 0 Å². The van der Waals surface area contributed by atoms with Crippen LogP contribution in [-0.2, 0) is 14.4 Å². The van der Waals surface area contributed by atoms with Gasteiger partial charge in [0.25, 0.3) is 0 Å². The molecule has 178 valence electrons. The summed E-state index contributed by atoms with van der Waals surface area (Å²) in [6.45, 7) is 1.82. The van der Waals surface area contributed by atoms with Gasteiger partial charge in [0.1, 0.15) is 0 Å². The summed E-state index contributed by atoms with van der Waals surface area (Å²) in [5, 5.41) is 18.6. The van der Waals surface area contributed by atoms with Gasteiger partial charge in [0.05, 0.1) is 17.4 Å². The highest BCUT2D eigenvalue weighted by atomic mass is 32.2. The molecule has 4 aromatic rings. The van der Waals surface area contributed by atoms with Crippen LogP contribution in [0.25, 0.3) is 22.0 Å². The van der Waals surface area contributed by atoms with Crippen LogP contribution in [0.2, 0.25) is 0 Å². The summed E-state index contributed by atoms with van der Waals surface area (Å²) in [5.41, 5.74) is 2.39. The first-order chi connectivity index (χ1) is 16.9. The third-order valence-corrected chi connectivity index (χ3v) is 7.04. The molecule has 4 rings (SSSR count). The minimum atomic E-state index is -1.01. The third kappa shape index (κ3) is 6.68. The van der Waals surface area contributed by atoms with Crippen molar-refractivity contribution in [3.05, 3.63) is 72.1 Å². The highest BCUT2D eigenvalue weighted by Crippen LogP contribution is 2.29. The van der Waals surface area contributed by atoms with Gasteiger partial charge in [-0.05, 0) is 48.0 Å². The number of nitrogens with one attached hydrogen (secondary N) is 2. The van der Waals surface area contributed by atoms with E-state index in [1.807, 2.05) is 42.6 Å². The van der Waals surface area contributed by atoms with Crippen LogP contribution in [0.15, 0.2) is 77.0 Å². The molecule has 1 aromatic heterocycles. The van der Waals surface area contributed by atoms with Crippen molar-refractivity contribution in [3.8, 4) is 11.3 Å². The van der Waals surface area contributed by atoms with Crippen molar-refractivity contribution >= 4 is 62.5 Å². The molecule has 9 heteroatoms. The van der Waals surface area contributed by atoms with E-state index in [0.717, 1.165) is 21.5 Å². The average molecular weight is 506 g/mol. The average Bonchev–Trinajstić information content (AvgIpc) is 3.32. The van der Waals surface area contributed by atoms with Crippen LogP contribution in [0.1, 0.15) is 19.8 Å². The Balaban J connectivity index is 1.32. The van der Waals surface area contributed by atoms with Gasteiger partial charge in [0.15, 0.2) is 5.13 Å². The number of hydrogen-bond donors (Lipinski definition) is 3. The van der Waals surface area contributed by atoms with E-state index < -0.39 is 5.97 Å². The van der Waals surface area contributed by atoms with E-state index in [1.54, 1.807) is 12.1 Å². The number of fused-ring (bicyclic) bond motifs is 1. The molecule has 0 radical (unpaired) electrons. The topological polar surface area (TPSA) is 108 Å². The fourth-order valence-corrected chi connectivity index (χ4v) is 4.93. The summed E-state index contributed by atoms with van der Waals surface area (Å²) in [7, 11) is 0. The Morgan fingerprint density at radius 1 is 0.971 bits per heavy atom. The first kappa shape index (κ1) is 24.4. The zero-order chi connectivity index (χ0) is 24.8. The van der Waals surface area contributed by atoms with Crippen molar-refractivity contribution < 1.29 is 19.5 Å². The summed E-state index contributed by atoms with van der Waals surface area (Å²) >= 11 is 2.78. The monoisotopic (exact) mass is 505 g/mol. The quantitative estimate of drug-likeness (QED) is 0.245. The van der Waals surface area contributed by atoms with Crippen LogP contribution in [0.4, 0.5) is 10.8 Å². The highest BCUT2D eigenvalue weighted by molar-refractivity contribution is 8.00. The SMILES string of the molecule is CC(Sc1ccc(NC(=O)CCC(=O)O)cc1)C(=O)Nc1nc(-c2ccc3ccccc3c2)cs1. The lowest BCUT2D eigenvalue weighted by Gasteiger charge is -2.11. The number of rotatable bonds is 9. The number of thioether (sulfide) groups is 1. The Morgan fingerprint density at radius 3 is 2.46 bits per heavy atom. The standard InChI is InChI=1S/C26H23N3O4S2/c1-16(35-21-10-8-20(9-11-21)27-23(30)12-13-24(31)32)25(33)29-26-28-22(15-34-26)19-7-6-17-4-2-3-5-18(17)14-19/h2-11,14-16H,12-13H2,1H3,(H,27,30)(H,31,32)(H,28,29,33). The molecule has 0 spiro atoms. The number of carboxylic acids is 1. The van der Waals surface area contributed by atoms with E-state index in [2.05, 4.69) is 39.9 Å². The minimum Gasteiger partial charge on any atom is -0.481 e. The zero-order valence-electron chi connectivity index (χ0n) is 18.9. The molecule has 7 nitrogen and oxygen atoms in total. The van der Waals surface area contributed by atoms with E-state index in [9.17, 15) is 14.4 Å². The van der Waals surface area contributed by atoms with Crippen molar-refractivity contribution in [2.75, 3.05) is 10.6 Å². The first-order valence-electron chi connectivity index (χ1n) is 10.9. The largest absolute Gasteiger partial charge is 0.481 e. The maximum absolute atomic E-state index is 12.7. The molecule has 1 atom stereocenters. The van der Waals surface area contributed by atoms with E-state index in [4.69, 9.17) is 5.11 Å². The lowest BCUT2D eigenvalue weighted by Crippen LogP contribution is -2.22. The molecule has 0 aliphatic heterocycles. The molecule has 3 N–H and O–H groups in total. The fraction of sp³-hybridized carbons (Fsp3) is 0.154. The Hall–Kier alpha value is -3.69. The number of aliphatic carboxylic acids is 1. The molecule has 35 heavy (non-hydrogen) atoms. The molecule has 0 aliphatic rings. The lowest BCUT2D eigenvalue weighted by molar-refractivity contribution is -0.138. The highest BCUT2D eigenvalue weighted by Gasteiger charge is 2.17. The molecule has 1 unspecified atom stereocenters. The number of carbonyl (C=O) groups is 3. The van der Waals surface area contributed by atoms with Crippen molar-refractivity contribution in [2.45, 2.75) is 29.9 Å². The molecule has 0 fully saturated rings. The van der Waals surface area contributed by atoms with E-state index in [1.165, 1.54) is 28.5 Å². The van der Waals surface area contributed by atoms with Crippen molar-refractivity contribution in [3.63, 3.8) is 0 Å². The number of carboxylic acid groups (broad SMARTS) is 1. The summed E-state index contributed by atoms with van der Waals surface area (Å²) < 4.78 is 0. The van der Waals surface area contributed by atoms with Crippen molar-refractivity contribution in [1.82, 2.24) is 4.98 Å². The molecule has 1 heterocycles. The molecule has 0 bridgehead atoms. The Labute approximate surface area is 210 Å². The Kier molecular flexibility index (Phi) is 7.79. The van der Waals surface area contributed by atoms with Crippen molar-refractivity contribution in [1.29, 1.82) is 0 Å². The maximum Gasteiger partial charge on any atom is 0.303 e. The van der Waals surface area contributed by atoms with Gasteiger partial charge in [-0.3, -0.25) is 14.4 Å². The van der Waals surface area contributed by atoms with Crippen LogP contribution in [0, 0.1) is 0 Å². The normalized spacial score (nSPS) is 11.7. The number of aromatic nitrogens is 1. The van der Waals surface area contributed by atoms with E-state index in [0.29, 0.717) is 10.8 Å². The van der Waals surface area contributed by atoms with E-state index in [-0.39, 0.29) is 29.9 Å². The van der Waals surface area contributed by atoms with Gasteiger partial charge >= 0.3 is 5.97 Å². The molecule has 2 amide bonds. The molecule has 0 aliphatic carbocycles. The number of amides is 2. The molecular formula is C26H23N3O4S2. The molecule has 0 saturated carbocycles. The Morgan fingerprint density at radius 2 is 1.71 bits per heavy atom. The predicted molar refractivity (Wildman–Crippen MR) is 141 cm³/mol. The minimum absolute atomic E-state index is 0.0810. The maximum atomic E-state index is 12.7. The number of benzene rings is 3. The van der Waals surface area contributed by atoms with Gasteiger partial charge in [-0.2, -0.15) is 0 Å². The van der Waals surface area contributed by atoms with Gasteiger partial charge < -0.3 is 15.7 Å². The first-order valence-corrected chi connectivity index (χ1v) is 12.7. The number of carbonyl (C=O) groups excluding carboxylic acids is 2. The van der Waals surface area contributed by atoms with Gasteiger partial charge in [0, 0.05) is 27.9 Å². The third-order valence-electron chi connectivity index (χ3n) is 5.17. The van der Waals surface area contributed by atoms with Gasteiger partial charge in [-0.25, -0.2) is 4.98 Å². The zero-order valence-corrected chi connectivity index (χ0v) is 20.5. The Bertz CT molecular complexity index is 1370. The predicted octanol–water partition coefficient (Wildman–Crippen LogP) is 5.89. The number of hydrogen-bond acceptors (Lipinski definition) is 6. The van der Waals surface area contributed by atoms with Gasteiger partial charge in [-0.1, -0.05) is 36.4 Å². The van der Waals surface area contributed by atoms with Gasteiger partial charge in [0.2, 0.25) is 11.8 Å². The van der Waals surface area contributed by atoms with Crippen LogP contribution >= 0.6 is 23.1 Å². The summed E-state index contributed by atoms with van der Waals surface area (Å²) in [6, 6.07) is 21.4. The van der Waals surface area contributed by atoms with Gasteiger partial charge in [-0.15, -0.1) is 23.1 Å². The summed E-state index contributed by atoms with van der Waals surface area (Å²) in [4.78, 5) is 40.5. The summed E-state index contributed by atoms with van der Waals surface area (Å²) in [6.07, 6.45) is -0.294. The smallest absolute Gasteiger partial charge is 0.303 e. The second kappa shape index (κ2) is 11.2. The summed E-state index contributed by atoms with van der Waals surface area (Å²) in [5.74, 6) is -1.52. The molecule has 0 saturated heterocycles. The number of thiazole rings is 1. The fourth-order valence-electron chi connectivity index (χ4n) is 3.34. The lowest BCUT2D eigenvalue weighted by atomic mass is 10.1. The molecule has 3 aromatic carbocycles. The second-order valence-corrected chi connectivity index (χ2v) is 10.1. The second-order valence-electron chi connectivity index (χ2n) is 7.82. The van der Waals surface area contributed by atoms with E-state index >= 15 is 0 Å². The van der Waals surface area contributed by atoms with Crippen molar-refractivity contribution in [2.24, 2.45) is 0 Å². The number of anilines is 2. The van der Waals surface area contributed by atoms with Crippen LogP contribution in [-0.4, -0.2) is 33.1 Å². The van der Waals surface area contributed by atoms with Crippen LogP contribution in [0.3, 0.4) is 0 Å². The molecular weight excluding hydrogens is 482 g/mol. The number of nitrogens with zero attached hydrogens (tertiary/aromatic N) is 1.